The van der Waals surface area contributed by atoms with Crippen LogP contribution in [0.25, 0.3) is 0 Å². The van der Waals surface area contributed by atoms with Crippen molar-refractivity contribution in [3.05, 3.63) is 65.0 Å². The number of rotatable bonds is 8. The number of benzene rings is 2. The average Bonchev–Trinajstić information content (AvgIpc) is 3.06. The van der Waals surface area contributed by atoms with E-state index < -0.39 is 0 Å². The predicted octanol–water partition coefficient (Wildman–Crippen LogP) is 3.48. The number of thioether (sulfide) groups is 1. The molecule has 0 radical (unpaired) electrons. The van der Waals surface area contributed by atoms with E-state index in [-0.39, 0.29) is 18.3 Å². The molecule has 0 bridgehead atoms. The average molecular weight is 412 g/mol. The first kappa shape index (κ1) is 20.7. The standard InChI is InChI=1S/C21H25N5O2S/c1-4-16-7-5-6-8-17(16)23-20(27)13-29-21-25-24-19(26(21)22)12-28-18-10-9-14(2)11-15(18)3/h5-11H,4,12-13,22H2,1-3H3,(H,23,27). The summed E-state index contributed by atoms with van der Waals surface area (Å²) in [5.41, 5.74) is 4.15. The highest BCUT2D eigenvalue weighted by Crippen LogP contribution is 2.21. The van der Waals surface area contributed by atoms with Gasteiger partial charge < -0.3 is 15.9 Å². The van der Waals surface area contributed by atoms with Gasteiger partial charge in [0.1, 0.15) is 12.4 Å². The van der Waals surface area contributed by atoms with Gasteiger partial charge in [0, 0.05) is 5.69 Å². The number of aromatic nitrogens is 3. The molecule has 3 rings (SSSR count). The molecule has 7 nitrogen and oxygen atoms in total. The fraction of sp³-hybridized carbons (Fsp3) is 0.286. The lowest BCUT2D eigenvalue weighted by atomic mass is 10.1. The maximum atomic E-state index is 12.3. The monoisotopic (exact) mass is 411 g/mol. The Labute approximate surface area is 174 Å². The molecule has 1 amide bonds. The number of ether oxygens (including phenoxy) is 1. The summed E-state index contributed by atoms with van der Waals surface area (Å²) in [5.74, 6) is 7.41. The Kier molecular flexibility index (Phi) is 6.77. The first-order valence-corrected chi connectivity index (χ1v) is 10.4. The largest absolute Gasteiger partial charge is 0.485 e. The van der Waals surface area contributed by atoms with Crippen LogP contribution in [0.3, 0.4) is 0 Å². The van der Waals surface area contributed by atoms with Crippen molar-refractivity contribution < 1.29 is 9.53 Å². The molecule has 0 fully saturated rings. The van der Waals surface area contributed by atoms with Crippen molar-refractivity contribution in [3.63, 3.8) is 0 Å². The lowest BCUT2D eigenvalue weighted by Crippen LogP contribution is -2.18. The lowest BCUT2D eigenvalue weighted by Gasteiger charge is -2.10. The van der Waals surface area contributed by atoms with E-state index in [9.17, 15) is 4.79 Å². The van der Waals surface area contributed by atoms with E-state index in [1.807, 2.05) is 50.2 Å². The maximum absolute atomic E-state index is 12.3. The van der Waals surface area contributed by atoms with E-state index in [0.29, 0.717) is 11.0 Å². The Morgan fingerprint density at radius 2 is 2.00 bits per heavy atom. The second kappa shape index (κ2) is 9.47. The number of hydrogen-bond acceptors (Lipinski definition) is 6. The normalized spacial score (nSPS) is 10.7. The van der Waals surface area contributed by atoms with E-state index >= 15 is 0 Å². The van der Waals surface area contributed by atoms with Crippen LogP contribution < -0.4 is 15.9 Å². The smallest absolute Gasteiger partial charge is 0.234 e. The van der Waals surface area contributed by atoms with Gasteiger partial charge in [0.25, 0.3) is 0 Å². The minimum Gasteiger partial charge on any atom is -0.485 e. The van der Waals surface area contributed by atoms with Crippen molar-refractivity contribution in [2.75, 3.05) is 16.9 Å². The second-order valence-electron chi connectivity index (χ2n) is 6.67. The summed E-state index contributed by atoms with van der Waals surface area (Å²) in [6.07, 6.45) is 0.852. The van der Waals surface area contributed by atoms with Crippen LogP contribution in [0.4, 0.5) is 5.69 Å². The number of anilines is 1. The highest BCUT2D eigenvalue weighted by atomic mass is 32.2. The first-order chi connectivity index (χ1) is 14.0. The Morgan fingerprint density at radius 1 is 1.21 bits per heavy atom. The van der Waals surface area contributed by atoms with Crippen molar-refractivity contribution in [1.82, 2.24) is 14.9 Å². The molecule has 3 aromatic rings. The fourth-order valence-corrected chi connectivity index (χ4v) is 3.55. The Bertz CT molecular complexity index is 1000. The van der Waals surface area contributed by atoms with Crippen LogP contribution in [0.15, 0.2) is 47.6 Å². The molecule has 0 saturated carbocycles. The van der Waals surface area contributed by atoms with Crippen LogP contribution in [-0.4, -0.2) is 26.5 Å². The zero-order chi connectivity index (χ0) is 20.8. The van der Waals surface area contributed by atoms with Gasteiger partial charge in [-0.2, -0.15) is 0 Å². The molecule has 0 aliphatic heterocycles. The van der Waals surface area contributed by atoms with Gasteiger partial charge >= 0.3 is 0 Å². The molecule has 1 heterocycles. The van der Waals surface area contributed by atoms with Crippen LogP contribution in [-0.2, 0) is 17.8 Å². The molecule has 8 heteroatoms. The van der Waals surface area contributed by atoms with E-state index in [1.165, 1.54) is 22.0 Å². The summed E-state index contributed by atoms with van der Waals surface area (Å²) < 4.78 is 7.17. The minimum atomic E-state index is -0.119. The number of nitrogens with two attached hydrogens (primary N) is 1. The predicted molar refractivity (Wildman–Crippen MR) is 116 cm³/mol. The third-order valence-corrected chi connectivity index (χ3v) is 5.37. The van der Waals surface area contributed by atoms with E-state index in [0.717, 1.165) is 29.0 Å². The Morgan fingerprint density at radius 3 is 2.76 bits per heavy atom. The van der Waals surface area contributed by atoms with Crippen LogP contribution in [0.5, 0.6) is 5.75 Å². The number of nitrogen functional groups attached to an aromatic ring is 1. The van der Waals surface area contributed by atoms with Crippen molar-refractivity contribution in [3.8, 4) is 5.75 Å². The minimum absolute atomic E-state index is 0.119. The van der Waals surface area contributed by atoms with Crippen molar-refractivity contribution in [1.29, 1.82) is 0 Å². The first-order valence-electron chi connectivity index (χ1n) is 9.38. The zero-order valence-corrected chi connectivity index (χ0v) is 17.6. The van der Waals surface area contributed by atoms with Gasteiger partial charge in [-0.25, -0.2) is 4.68 Å². The third kappa shape index (κ3) is 5.29. The number of carbonyl (C=O) groups excluding carboxylic acids is 1. The molecule has 0 unspecified atom stereocenters. The van der Waals surface area contributed by atoms with Crippen LogP contribution >= 0.6 is 11.8 Å². The van der Waals surface area contributed by atoms with E-state index in [4.69, 9.17) is 10.6 Å². The zero-order valence-electron chi connectivity index (χ0n) is 16.8. The Hall–Kier alpha value is -3.00. The summed E-state index contributed by atoms with van der Waals surface area (Å²) in [5, 5.41) is 11.5. The topological polar surface area (TPSA) is 95.1 Å². The van der Waals surface area contributed by atoms with Crippen molar-refractivity contribution in [2.45, 2.75) is 39.0 Å². The van der Waals surface area contributed by atoms with Gasteiger partial charge in [-0.3, -0.25) is 4.79 Å². The molecule has 1 aromatic heterocycles. The number of carbonyl (C=O) groups is 1. The summed E-state index contributed by atoms with van der Waals surface area (Å²) in [7, 11) is 0. The van der Waals surface area contributed by atoms with Gasteiger partial charge in [-0.15, -0.1) is 10.2 Å². The number of nitrogens with zero attached hydrogens (tertiary/aromatic N) is 3. The van der Waals surface area contributed by atoms with Crippen molar-refractivity contribution in [2.24, 2.45) is 0 Å². The van der Waals surface area contributed by atoms with Gasteiger partial charge in [-0.1, -0.05) is 54.6 Å². The molecule has 0 spiro atoms. The number of hydrogen-bond donors (Lipinski definition) is 2. The Balaban J connectivity index is 1.56. The molecule has 0 aliphatic carbocycles. The molecular weight excluding hydrogens is 386 g/mol. The molecule has 2 aromatic carbocycles. The highest BCUT2D eigenvalue weighted by Gasteiger charge is 2.14. The van der Waals surface area contributed by atoms with Crippen LogP contribution in [0.2, 0.25) is 0 Å². The number of aryl methyl sites for hydroxylation is 3. The van der Waals surface area contributed by atoms with E-state index in [1.54, 1.807) is 0 Å². The van der Waals surface area contributed by atoms with Gasteiger partial charge in [-0.05, 0) is 43.5 Å². The van der Waals surface area contributed by atoms with Crippen LogP contribution in [0, 0.1) is 13.8 Å². The van der Waals surface area contributed by atoms with Gasteiger partial charge in [0.05, 0.1) is 5.75 Å². The fourth-order valence-electron chi connectivity index (χ4n) is 2.87. The number of amides is 1. The number of nitrogens with one attached hydrogen (secondary N) is 1. The molecule has 3 N–H and O–H groups in total. The SMILES string of the molecule is CCc1ccccc1NC(=O)CSc1nnc(COc2ccc(C)cc2C)n1N. The highest BCUT2D eigenvalue weighted by molar-refractivity contribution is 7.99. The molecule has 0 atom stereocenters. The molecule has 0 saturated heterocycles. The van der Waals surface area contributed by atoms with Gasteiger partial charge in [0.2, 0.25) is 11.1 Å². The third-order valence-electron chi connectivity index (χ3n) is 4.43. The van der Waals surface area contributed by atoms with Crippen LogP contribution in [0.1, 0.15) is 29.4 Å². The van der Waals surface area contributed by atoms with Crippen molar-refractivity contribution >= 4 is 23.4 Å². The number of para-hydroxylation sites is 1. The maximum Gasteiger partial charge on any atom is 0.234 e. The summed E-state index contributed by atoms with van der Waals surface area (Å²) in [6.45, 7) is 6.28. The van der Waals surface area contributed by atoms with Gasteiger partial charge in [0.15, 0.2) is 5.82 Å². The molecule has 152 valence electrons. The quantitative estimate of drug-likeness (QED) is 0.435. The summed E-state index contributed by atoms with van der Waals surface area (Å²) in [6, 6.07) is 13.7. The second-order valence-corrected chi connectivity index (χ2v) is 7.62. The molecule has 0 aliphatic rings. The lowest BCUT2D eigenvalue weighted by molar-refractivity contribution is -0.113. The molecule has 29 heavy (non-hydrogen) atoms. The summed E-state index contributed by atoms with van der Waals surface area (Å²) >= 11 is 1.23. The molecular formula is C21H25N5O2S. The van der Waals surface area contributed by atoms with E-state index in [2.05, 4.69) is 28.5 Å². The summed E-state index contributed by atoms with van der Waals surface area (Å²) in [4.78, 5) is 12.3.